The molecule has 1 aliphatic rings. The van der Waals surface area contributed by atoms with Crippen LogP contribution in [0.5, 0.6) is 0 Å². The second-order valence-electron chi connectivity index (χ2n) is 11.3. The van der Waals surface area contributed by atoms with Crippen LogP contribution in [0.25, 0.3) is 21.5 Å². The minimum absolute atomic E-state index is 0.0265. The molecule has 0 nitrogen and oxygen atoms in total. The molecule has 1 aliphatic heterocycles. The quantitative estimate of drug-likeness (QED) is 0.203. The van der Waals surface area contributed by atoms with Crippen LogP contribution in [0.3, 0.4) is 0 Å². The van der Waals surface area contributed by atoms with Crippen molar-refractivity contribution in [3.8, 4) is 0 Å². The largest absolute Gasteiger partial charge is 0.156 e. The van der Waals surface area contributed by atoms with E-state index in [1.165, 1.54) is 49.0 Å². The molecule has 1 heterocycles. The second kappa shape index (κ2) is 10.2. The van der Waals surface area contributed by atoms with Gasteiger partial charge in [0.2, 0.25) is 0 Å². The van der Waals surface area contributed by atoms with Crippen LogP contribution in [-0.4, -0.2) is 8.07 Å². The van der Waals surface area contributed by atoms with Gasteiger partial charge in [0, 0.05) is 0 Å². The highest BCUT2D eigenvalue weighted by atomic mass is 28.3. The first-order valence-electron chi connectivity index (χ1n) is 13.8. The maximum Gasteiger partial charge on any atom is 0.156 e. The molecule has 0 unspecified atom stereocenters. The lowest BCUT2D eigenvalue weighted by Gasteiger charge is -2.45. The zero-order valence-electron chi connectivity index (χ0n) is 22.9. The van der Waals surface area contributed by atoms with E-state index < -0.39 is 8.07 Å². The first kappa shape index (κ1) is 25.1. The minimum atomic E-state index is -2.68. The topological polar surface area (TPSA) is 0 Å². The van der Waals surface area contributed by atoms with Crippen molar-refractivity contribution >= 4 is 34.8 Å². The number of allylic oxidation sites excluding steroid dienone is 2. The zero-order chi connectivity index (χ0) is 26.9. The van der Waals surface area contributed by atoms with Gasteiger partial charge in [0.1, 0.15) is 0 Å². The predicted octanol–water partition coefficient (Wildman–Crippen LogP) is 9.46. The van der Waals surface area contributed by atoms with E-state index in [2.05, 4.69) is 172 Å². The Bertz CT molecular complexity index is 1520. The molecule has 0 amide bonds. The Morgan fingerprint density at radius 2 is 0.641 bits per heavy atom. The van der Waals surface area contributed by atoms with Crippen LogP contribution >= 0.6 is 0 Å². The van der Waals surface area contributed by atoms with E-state index in [1.54, 1.807) is 0 Å². The van der Waals surface area contributed by atoms with E-state index in [-0.39, 0.29) is 5.04 Å². The number of hydrogen-bond acceptors (Lipinski definition) is 0. The molecule has 1 heteroatoms. The average molecular weight is 519 g/mol. The van der Waals surface area contributed by atoms with Gasteiger partial charge >= 0.3 is 0 Å². The van der Waals surface area contributed by atoms with Gasteiger partial charge in [0.05, 0.1) is 0 Å². The molecule has 39 heavy (non-hydrogen) atoms. The molecular formula is C38H34Si. The van der Waals surface area contributed by atoms with Crippen LogP contribution in [0.2, 0.25) is 5.04 Å². The zero-order valence-corrected chi connectivity index (χ0v) is 23.9. The molecule has 190 valence electrons. The summed E-state index contributed by atoms with van der Waals surface area (Å²) in [5.74, 6) is 0. The fraction of sp³-hybridized carbons (Fsp3) is 0.105. The molecule has 0 aromatic heterocycles. The highest BCUT2D eigenvalue weighted by Gasteiger charge is 2.58. The normalized spacial score (nSPS) is 15.1. The average Bonchev–Trinajstić information content (AvgIpc) is 3.33. The summed E-state index contributed by atoms with van der Waals surface area (Å²) in [6.45, 7) is 7.40. The van der Waals surface area contributed by atoms with Gasteiger partial charge in [-0.1, -0.05) is 172 Å². The van der Waals surface area contributed by atoms with Crippen molar-refractivity contribution in [2.45, 2.75) is 25.8 Å². The van der Waals surface area contributed by atoms with Gasteiger partial charge in [-0.3, -0.25) is 0 Å². The molecule has 0 radical (unpaired) electrons. The summed E-state index contributed by atoms with van der Waals surface area (Å²) < 4.78 is 0. The van der Waals surface area contributed by atoms with Crippen molar-refractivity contribution in [3.63, 3.8) is 0 Å². The monoisotopic (exact) mass is 518 g/mol. The van der Waals surface area contributed by atoms with Crippen molar-refractivity contribution < 1.29 is 0 Å². The number of benzene rings is 5. The third kappa shape index (κ3) is 4.14. The van der Waals surface area contributed by atoms with Gasteiger partial charge < -0.3 is 0 Å². The lowest BCUT2D eigenvalue weighted by molar-refractivity contribution is 0.741. The molecule has 0 saturated carbocycles. The SMILES string of the molecule is CC(C)(C)[Si]1(c2ccccc2)C(c2ccccc2)=C(c2ccccc2)C(c2ccccc2)=C1c1ccccc1. The molecule has 0 bridgehead atoms. The van der Waals surface area contributed by atoms with Crippen molar-refractivity contribution in [3.05, 3.63) is 174 Å². The van der Waals surface area contributed by atoms with E-state index in [0.29, 0.717) is 0 Å². The first-order chi connectivity index (χ1) is 19.0. The standard InChI is InChI=1S/C38H34Si/c1-38(2,3)39(33-27-17-8-18-28-33)36(31-23-13-6-14-24-31)34(29-19-9-4-10-20-29)35(30-21-11-5-12-22-30)37(39)32-25-15-7-16-26-32/h4-28H,1-3H3. The smallest absolute Gasteiger partial charge is 0.0624 e. The van der Waals surface area contributed by atoms with Crippen LogP contribution in [0.15, 0.2) is 152 Å². The van der Waals surface area contributed by atoms with E-state index >= 15 is 0 Å². The molecular weight excluding hydrogens is 485 g/mol. The molecule has 5 aromatic carbocycles. The summed E-state index contributed by atoms with van der Waals surface area (Å²) >= 11 is 0. The predicted molar refractivity (Wildman–Crippen MR) is 171 cm³/mol. The lowest BCUT2D eigenvalue weighted by Crippen LogP contribution is -2.56. The van der Waals surface area contributed by atoms with Gasteiger partial charge in [-0.05, 0) is 54.0 Å². The summed E-state index contributed by atoms with van der Waals surface area (Å²) in [6.07, 6.45) is 0. The first-order valence-corrected chi connectivity index (χ1v) is 15.8. The Labute approximate surface area is 234 Å². The summed E-state index contributed by atoms with van der Waals surface area (Å²) in [5.41, 5.74) is 7.94. The molecule has 6 rings (SSSR count). The third-order valence-corrected chi connectivity index (χ3v) is 14.1. The highest BCUT2D eigenvalue weighted by Crippen LogP contribution is 2.62. The molecule has 0 saturated heterocycles. The Kier molecular flexibility index (Phi) is 6.54. The van der Waals surface area contributed by atoms with Gasteiger partial charge in [0.15, 0.2) is 8.07 Å². The van der Waals surface area contributed by atoms with Crippen molar-refractivity contribution in [2.75, 3.05) is 0 Å². The van der Waals surface area contributed by atoms with Gasteiger partial charge in [0.25, 0.3) is 0 Å². The highest BCUT2D eigenvalue weighted by molar-refractivity contribution is 7.23. The van der Waals surface area contributed by atoms with Gasteiger partial charge in [-0.15, -0.1) is 0 Å². The van der Waals surface area contributed by atoms with E-state index in [4.69, 9.17) is 0 Å². The Morgan fingerprint density at radius 1 is 0.359 bits per heavy atom. The van der Waals surface area contributed by atoms with Gasteiger partial charge in [-0.2, -0.15) is 0 Å². The van der Waals surface area contributed by atoms with Gasteiger partial charge in [-0.25, -0.2) is 0 Å². The summed E-state index contributed by atoms with van der Waals surface area (Å²) in [4.78, 5) is 0. The van der Waals surface area contributed by atoms with E-state index in [9.17, 15) is 0 Å². The van der Waals surface area contributed by atoms with E-state index in [0.717, 1.165) is 0 Å². The fourth-order valence-electron chi connectivity index (χ4n) is 6.63. The van der Waals surface area contributed by atoms with Crippen molar-refractivity contribution in [2.24, 2.45) is 0 Å². The number of rotatable bonds is 5. The lowest BCUT2D eigenvalue weighted by atomic mass is 9.89. The minimum Gasteiger partial charge on any atom is -0.0624 e. The summed E-state index contributed by atoms with van der Waals surface area (Å²) in [7, 11) is -2.68. The third-order valence-electron chi connectivity index (χ3n) is 8.08. The molecule has 0 fully saturated rings. The van der Waals surface area contributed by atoms with Crippen LogP contribution in [-0.2, 0) is 0 Å². The molecule has 0 aliphatic carbocycles. The van der Waals surface area contributed by atoms with Crippen LogP contribution in [0.1, 0.15) is 43.0 Å². The Balaban J connectivity index is 1.91. The van der Waals surface area contributed by atoms with Crippen LogP contribution in [0.4, 0.5) is 0 Å². The van der Waals surface area contributed by atoms with E-state index in [1.807, 2.05) is 0 Å². The summed E-state index contributed by atoms with van der Waals surface area (Å²) in [5, 5.41) is 4.44. The fourth-order valence-corrected chi connectivity index (χ4v) is 13.0. The molecule has 0 N–H and O–H groups in total. The molecule has 5 aromatic rings. The maximum atomic E-state index is 2.47. The Hall–Kier alpha value is -4.20. The maximum absolute atomic E-state index is 2.68. The summed E-state index contributed by atoms with van der Waals surface area (Å²) in [6, 6.07) is 55.9. The van der Waals surface area contributed by atoms with Crippen LogP contribution in [0, 0.1) is 0 Å². The number of hydrogen-bond donors (Lipinski definition) is 0. The van der Waals surface area contributed by atoms with Crippen molar-refractivity contribution in [1.82, 2.24) is 0 Å². The Morgan fingerprint density at radius 3 is 0.949 bits per heavy atom. The molecule has 0 spiro atoms. The second-order valence-corrected chi connectivity index (χ2v) is 15.9. The molecule has 0 atom stereocenters. The van der Waals surface area contributed by atoms with Crippen LogP contribution < -0.4 is 5.19 Å². The van der Waals surface area contributed by atoms with Crippen molar-refractivity contribution in [1.29, 1.82) is 0 Å².